The van der Waals surface area contributed by atoms with Crippen LogP contribution in [0.1, 0.15) is 57.7 Å². The Morgan fingerprint density at radius 1 is 1.22 bits per heavy atom. The number of hydrogen-bond acceptors (Lipinski definition) is 5. The molecule has 144 valence electrons. The Bertz CT molecular complexity index is 829. The minimum Gasteiger partial charge on any atom is -0.365 e. The van der Waals surface area contributed by atoms with Crippen molar-refractivity contribution in [2.45, 2.75) is 64.5 Å². The summed E-state index contributed by atoms with van der Waals surface area (Å²) in [5.41, 5.74) is 1.45. The summed E-state index contributed by atoms with van der Waals surface area (Å²) in [4.78, 5) is 13.2. The van der Waals surface area contributed by atoms with E-state index in [4.69, 9.17) is 0 Å². The van der Waals surface area contributed by atoms with Crippen molar-refractivity contribution in [2.75, 3.05) is 12.0 Å². The quantitative estimate of drug-likeness (QED) is 0.829. The van der Waals surface area contributed by atoms with Crippen LogP contribution >= 0.6 is 0 Å². The fraction of sp³-hybridized carbons (Fsp3) is 0.700. The van der Waals surface area contributed by atoms with Crippen molar-refractivity contribution in [3.8, 4) is 6.07 Å². The first-order valence-corrected chi connectivity index (χ1v) is 10.1. The zero-order valence-electron chi connectivity index (χ0n) is 15.9. The van der Waals surface area contributed by atoms with E-state index in [1.807, 2.05) is 6.07 Å². The smallest absolute Gasteiger partial charge is 0.236 e. The minimum absolute atomic E-state index is 0.152. The summed E-state index contributed by atoms with van der Waals surface area (Å²) in [5, 5.41) is 12.8. The first-order chi connectivity index (χ1) is 13.2. The Morgan fingerprint density at radius 3 is 2.59 bits per heavy atom. The molecule has 2 fully saturated rings. The Balaban J connectivity index is 1.58. The van der Waals surface area contributed by atoms with Gasteiger partial charge in [0.25, 0.3) is 0 Å². The van der Waals surface area contributed by atoms with Crippen molar-refractivity contribution in [2.24, 2.45) is 17.8 Å². The summed E-state index contributed by atoms with van der Waals surface area (Å²) in [6, 6.07) is 2.36. The molecule has 27 heavy (non-hydrogen) atoms. The first-order valence-electron chi connectivity index (χ1n) is 10.1. The number of nitrogens with zero attached hydrogens (tertiary/aromatic N) is 5. The van der Waals surface area contributed by atoms with Crippen LogP contribution in [-0.2, 0) is 6.54 Å². The van der Waals surface area contributed by atoms with Crippen molar-refractivity contribution in [1.82, 2.24) is 19.5 Å². The monoisotopic (exact) mass is 370 g/mol. The highest BCUT2D eigenvalue weighted by atomic mass is 19.1. The summed E-state index contributed by atoms with van der Waals surface area (Å²) in [5.74, 6) is 2.29. The Labute approximate surface area is 159 Å². The molecule has 0 saturated heterocycles. The molecule has 2 aliphatic carbocycles. The van der Waals surface area contributed by atoms with Crippen LogP contribution < -0.4 is 5.32 Å². The molecule has 0 bridgehead atoms. The zero-order chi connectivity index (χ0) is 18.8. The lowest BCUT2D eigenvalue weighted by Crippen LogP contribution is -2.31. The van der Waals surface area contributed by atoms with Gasteiger partial charge < -0.3 is 9.88 Å². The van der Waals surface area contributed by atoms with Gasteiger partial charge in [-0.1, -0.05) is 6.42 Å². The number of imidazole rings is 1. The second-order valence-corrected chi connectivity index (χ2v) is 8.24. The lowest BCUT2D eigenvalue weighted by atomic mass is 9.80. The van der Waals surface area contributed by atoms with E-state index in [1.54, 1.807) is 6.33 Å². The fourth-order valence-corrected chi connectivity index (χ4v) is 4.39. The van der Waals surface area contributed by atoms with Crippen LogP contribution in [0.3, 0.4) is 0 Å². The standard InChI is InChI=1S/C20H27FN6/c1-13(16-3-2-4-16)24-20-18-19(25-17(10-22)26-20)23-12-27(18)11-15-7-5-14(9-21)6-8-15/h12-16H,2-9,11H2,1H3,(H,24,25,26)/t13-,14-,15-/m1/s1. The van der Waals surface area contributed by atoms with E-state index in [0.717, 1.165) is 37.7 Å². The van der Waals surface area contributed by atoms with Gasteiger partial charge >= 0.3 is 0 Å². The summed E-state index contributed by atoms with van der Waals surface area (Å²) in [6.45, 7) is 2.83. The number of nitrogens with one attached hydrogen (secondary N) is 1. The first kappa shape index (κ1) is 18.1. The predicted molar refractivity (Wildman–Crippen MR) is 102 cm³/mol. The molecule has 0 radical (unpaired) electrons. The SMILES string of the molecule is C[C@@H](Nc1nc(C#N)nc2ncn(C[C@H]3CC[C@H](CF)CC3)c12)C1CCC1. The highest BCUT2D eigenvalue weighted by Crippen LogP contribution is 2.33. The third-order valence-corrected chi connectivity index (χ3v) is 6.43. The summed E-state index contributed by atoms with van der Waals surface area (Å²) >= 11 is 0. The molecular weight excluding hydrogens is 343 g/mol. The molecule has 2 heterocycles. The fourth-order valence-electron chi connectivity index (χ4n) is 4.39. The number of fused-ring (bicyclic) bond motifs is 1. The summed E-state index contributed by atoms with van der Waals surface area (Å²) < 4.78 is 15.0. The highest BCUT2D eigenvalue weighted by molar-refractivity contribution is 5.83. The minimum atomic E-state index is -0.196. The molecule has 0 spiro atoms. The van der Waals surface area contributed by atoms with E-state index >= 15 is 0 Å². The van der Waals surface area contributed by atoms with Crippen LogP contribution in [0.15, 0.2) is 6.33 Å². The van der Waals surface area contributed by atoms with Gasteiger partial charge in [-0.2, -0.15) is 15.2 Å². The van der Waals surface area contributed by atoms with E-state index in [9.17, 15) is 9.65 Å². The molecule has 0 aliphatic heterocycles. The van der Waals surface area contributed by atoms with Crippen molar-refractivity contribution in [3.63, 3.8) is 0 Å². The van der Waals surface area contributed by atoms with Gasteiger partial charge in [0.2, 0.25) is 5.82 Å². The second kappa shape index (κ2) is 7.79. The number of halogens is 1. The van der Waals surface area contributed by atoms with Crippen molar-refractivity contribution in [3.05, 3.63) is 12.2 Å². The third kappa shape index (κ3) is 3.76. The Kier molecular flexibility index (Phi) is 5.24. The van der Waals surface area contributed by atoms with Gasteiger partial charge in [-0.3, -0.25) is 4.39 Å². The lowest BCUT2D eigenvalue weighted by molar-refractivity contribution is 0.218. The van der Waals surface area contributed by atoms with Gasteiger partial charge in [0, 0.05) is 12.6 Å². The molecular formula is C20H27FN6. The molecule has 2 aromatic rings. The van der Waals surface area contributed by atoms with Crippen molar-refractivity contribution in [1.29, 1.82) is 5.26 Å². The van der Waals surface area contributed by atoms with Gasteiger partial charge in [-0.25, -0.2) is 4.98 Å². The van der Waals surface area contributed by atoms with Crippen molar-refractivity contribution >= 4 is 17.0 Å². The van der Waals surface area contributed by atoms with Gasteiger partial charge in [-0.05, 0) is 63.2 Å². The number of rotatable bonds is 6. The van der Waals surface area contributed by atoms with Crippen molar-refractivity contribution < 1.29 is 4.39 Å². The molecule has 2 aliphatic rings. The molecule has 1 N–H and O–H groups in total. The average molecular weight is 370 g/mol. The molecule has 0 unspecified atom stereocenters. The number of hydrogen-bond donors (Lipinski definition) is 1. The van der Waals surface area contributed by atoms with Crippen LogP contribution in [-0.4, -0.2) is 32.2 Å². The number of anilines is 1. The van der Waals surface area contributed by atoms with Gasteiger partial charge in [0.1, 0.15) is 11.6 Å². The van der Waals surface area contributed by atoms with Crippen LogP contribution in [0.25, 0.3) is 11.2 Å². The Hall–Kier alpha value is -2.23. The molecule has 7 heteroatoms. The van der Waals surface area contributed by atoms with E-state index in [-0.39, 0.29) is 18.4 Å². The predicted octanol–water partition coefficient (Wildman–Crippen LogP) is 4.07. The second-order valence-electron chi connectivity index (χ2n) is 8.24. The zero-order valence-corrected chi connectivity index (χ0v) is 15.9. The van der Waals surface area contributed by atoms with E-state index in [1.165, 1.54) is 19.3 Å². The van der Waals surface area contributed by atoms with E-state index < -0.39 is 0 Å². The van der Waals surface area contributed by atoms with Gasteiger partial charge in [0.15, 0.2) is 11.5 Å². The molecule has 6 nitrogen and oxygen atoms in total. The maximum Gasteiger partial charge on any atom is 0.236 e. The molecule has 1 atom stereocenters. The molecule has 2 aromatic heterocycles. The lowest BCUT2D eigenvalue weighted by Gasteiger charge is -2.32. The maximum atomic E-state index is 12.9. The van der Waals surface area contributed by atoms with Crippen LogP contribution in [0.4, 0.5) is 10.2 Å². The van der Waals surface area contributed by atoms with Gasteiger partial charge in [-0.15, -0.1) is 0 Å². The average Bonchev–Trinajstić information content (AvgIpc) is 3.03. The van der Waals surface area contributed by atoms with E-state index in [2.05, 4.69) is 31.8 Å². The van der Waals surface area contributed by atoms with Crippen LogP contribution in [0.2, 0.25) is 0 Å². The number of nitriles is 1. The highest BCUT2D eigenvalue weighted by Gasteiger charge is 2.26. The van der Waals surface area contributed by atoms with Crippen LogP contribution in [0.5, 0.6) is 0 Å². The molecule has 0 aromatic carbocycles. The number of aromatic nitrogens is 4. The summed E-state index contributed by atoms with van der Waals surface area (Å²) in [7, 11) is 0. The molecule has 4 rings (SSSR count). The normalized spacial score (nSPS) is 24.3. The van der Waals surface area contributed by atoms with Gasteiger partial charge in [0.05, 0.1) is 13.0 Å². The topological polar surface area (TPSA) is 79.4 Å². The number of alkyl halides is 1. The Morgan fingerprint density at radius 2 is 1.96 bits per heavy atom. The molecule has 2 saturated carbocycles. The maximum absolute atomic E-state index is 12.9. The molecule has 0 amide bonds. The van der Waals surface area contributed by atoms with E-state index in [0.29, 0.717) is 29.3 Å². The third-order valence-electron chi connectivity index (χ3n) is 6.43. The van der Waals surface area contributed by atoms with Crippen LogP contribution in [0, 0.1) is 29.1 Å². The largest absolute Gasteiger partial charge is 0.365 e. The summed E-state index contributed by atoms with van der Waals surface area (Å²) in [6.07, 6.45) is 9.60.